The van der Waals surface area contributed by atoms with Gasteiger partial charge in [0, 0.05) is 11.5 Å². The van der Waals surface area contributed by atoms with Gasteiger partial charge in [0.2, 0.25) is 0 Å². The highest BCUT2D eigenvalue weighted by Crippen LogP contribution is 2.27. The summed E-state index contributed by atoms with van der Waals surface area (Å²) in [4.78, 5) is 22.1. The zero-order valence-corrected chi connectivity index (χ0v) is 12.4. The fourth-order valence-corrected chi connectivity index (χ4v) is 2.44. The fourth-order valence-electron chi connectivity index (χ4n) is 1.95. The molecule has 0 amide bonds. The van der Waals surface area contributed by atoms with Crippen molar-refractivity contribution in [1.82, 2.24) is 0 Å². The number of rotatable bonds is 5. The molecule has 0 saturated carbocycles. The maximum Gasteiger partial charge on any atom is 0.350 e. The lowest BCUT2D eigenvalue weighted by Crippen LogP contribution is -2.28. The maximum atomic E-state index is 11.7. The molecular formula is C14H12BrO5-. The van der Waals surface area contributed by atoms with Gasteiger partial charge in [-0.2, -0.15) is 0 Å². The number of carbonyl (C=O) groups is 1. The molecule has 1 aromatic heterocycles. The van der Waals surface area contributed by atoms with Gasteiger partial charge in [-0.1, -0.05) is 13.3 Å². The molecule has 2 rings (SSSR count). The van der Waals surface area contributed by atoms with Gasteiger partial charge in [0.1, 0.15) is 22.4 Å². The molecule has 106 valence electrons. The number of fused-ring (bicyclic) bond motifs is 1. The number of carboxylic acids is 1. The monoisotopic (exact) mass is 339 g/mol. The first-order valence-corrected chi connectivity index (χ1v) is 6.90. The Morgan fingerprint density at radius 3 is 2.85 bits per heavy atom. The Morgan fingerprint density at radius 1 is 1.45 bits per heavy atom. The van der Waals surface area contributed by atoms with Crippen molar-refractivity contribution < 1.29 is 19.1 Å². The van der Waals surface area contributed by atoms with E-state index in [2.05, 4.69) is 15.9 Å². The molecule has 0 saturated heterocycles. The van der Waals surface area contributed by atoms with Crippen molar-refractivity contribution in [2.24, 2.45) is 0 Å². The van der Waals surface area contributed by atoms with Crippen LogP contribution in [0.2, 0.25) is 0 Å². The van der Waals surface area contributed by atoms with Gasteiger partial charge >= 0.3 is 5.63 Å². The molecule has 0 aliphatic carbocycles. The number of halogens is 1. The molecule has 0 fully saturated rings. The summed E-state index contributed by atoms with van der Waals surface area (Å²) < 4.78 is 10.6. The van der Waals surface area contributed by atoms with Crippen molar-refractivity contribution in [2.45, 2.75) is 19.8 Å². The average Bonchev–Trinajstić information content (AvgIpc) is 2.41. The molecule has 0 N–H and O–H groups in total. The van der Waals surface area contributed by atoms with Crippen LogP contribution < -0.4 is 15.5 Å². The van der Waals surface area contributed by atoms with Gasteiger partial charge in [0.05, 0.1) is 5.97 Å². The van der Waals surface area contributed by atoms with E-state index in [0.717, 1.165) is 23.8 Å². The van der Waals surface area contributed by atoms with E-state index in [4.69, 9.17) is 9.15 Å². The Morgan fingerprint density at radius 2 is 2.20 bits per heavy atom. The van der Waals surface area contributed by atoms with Gasteiger partial charge in [0.25, 0.3) is 0 Å². The van der Waals surface area contributed by atoms with Crippen LogP contribution in [0.5, 0.6) is 5.75 Å². The van der Waals surface area contributed by atoms with Crippen LogP contribution in [0.15, 0.2) is 31.9 Å². The van der Waals surface area contributed by atoms with Gasteiger partial charge in [0.15, 0.2) is 0 Å². The summed E-state index contributed by atoms with van der Waals surface area (Å²) in [5, 5.41) is 11.2. The second-order valence-corrected chi connectivity index (χ2v) is 5.04. The van der Waals surface area contributed by atoms with Gasteiger partial charge in [-0.15, -0.1) is 0 Å². The number of aryl methyl sites for hydroxylation is 1. The average molecular weight is 340 g/mol. The van der Waals surface area contributed by atoms with Gasteiger partial charge in [-0.3, -0.25) is 0 Å². The van der Waals surface area contributed by atoms with Crippen LogP contribution in [0, 0.1) is 0 Å². The Balaban J connectivity index is 2.50. The van der Waals surface area contributed by atoms with Crippen LogP contribution in [0.3, 0.4) is 0 Å². The molecule has 1 heterocycles. The van der Waals surface area contributed by atoms with Crippen LogP contribution in [-0.4, -0.2) is 12.6 Å². The number of benzene rings is 1. The van der Waals surface area contributed by atoms with E-state index in [9.17, 15) is 14.7 Å². The van der Waals surface area contributed by atoms with E-state index in [1.54, 1.807) is 12.1 Å². The summed E-state index contributed by atoms with van der Waals surface area (Å²) in [6.07, 6.45) is 1.63. The molecule has 0 radical (unpaired) electrons. The third kappa shape index (κ3) is 3.01. The first-order chi connectivity index (χ1) is 9.52. The molecule has 0 aliphatic heterocycles. The standard InChI is InChI=1S/C14H13BrO5/c1-2-3-10-9-5-4-8(19-7-12(16)17)6-11(9)20-14(18)13(10)15/h4-6H,2-3,7H2,1H3,(H,16,17)/p-1. The number of hydrogen-bond acceptors (Lipinski definition) is 5. The highest BCUT2D eigenvalue weighted by Gasteiger charge is 2.12. The Hall–Kier alpha value is -1.82. The molecule has 5 nitrogen and oxygen atoms in total. The highest BCUT2D eigenvalue weighted by atomic mass is 79.9. The van der Waals surface area contributed by atoms with Crippen LogP contribution >= 0.6 is 15.9 Å². The van der Waals surface area contributed by atoms with Crippen molar-refractivity contribution in [2.75, 3.05) is 6.61 Å². The maximum absolute atomic E-state index is 11.7. The minimum absolute atomic E-state index is 0.314. The van der Waals surface area contributed by atoms with Crippen LogP contribution in [0.1, 0.15) is 18.9 Å². The molecular weight excluding hydrogens is 328 g/mol. The van der Waals surface area contributed by atoms with Crippen molar-refractivity contribution in [1.29, 1.82) is 0 Å². The number of aliphatic carboxylic acids is 1. The van der Waals surface area contributed by atoms with E-state index < -0.39 is 18.2 Å². The summed E-state index contributed by atoms with van der Waals surface area (Å²) >= 11 is 3.25. The Bertz CT molecular complexity index is 705. The number of ether oxygens (including phenoxy) is 1. The molecule has 0 bridgehead atoms. The number of hydrogen-bond donors (Lipinski definition) is 0. The number of carboxylic acid groups (broad SMARTS) is 1. The molecule has 2 aromatic rings. The first-order valence-electron chi connectivity index (χ1n) is 6.10. The van der Waals surface area contributed by atoms with Gasteiger partial charge < -0.3 is 19.1 Å². The molecule has 0 aliphatic rings. The first kappa shape index (κ1) is 14.6. The van der Waals surface area contributed by atoms with E-state index in [0.29, 0.717) is 15.8 Å². The molecule has 0 unspecified atom stereocenters. The summed E-state index contributed by atoms with van der Waals surface area (Å²) in [5.74, 6) is -0.997. The topological polar surface area (TPSA) is 79.6 Å². The zero-order chi connectivity index (χ0) is 14.7. The SMILES string of the molecule is CCCc1c(Br)c(=O)oc2cc(OCC(=O)[O-])ccc12. The smallest absolute Gasteiger partial charge is 0.350 e. The predicted molar refractivity (Wildman–Crippen MR) is 74.7 cm³/mol. The zero-order valence-electron chi connectivity index (χ0n) is 10.8. The molecule has 6 heteroatoms. The second-order valence-electron chi connectivity index (χ2n) is 4.25. The van der Waals surface area contributed by atoms with Gasteiger partial charge in [-0.05, 0) is 40.0 Å². The second kappa shape index (κ2) is 6.09. The molecule has 0 atom stereocenters. The lowest BCUT2D eigenvalue weighted by atomic mass is 10.1. The Kier molecular flexibility index (Phi) is 4.44. The van der Waals surface area contributed by atoms with E-state index in [-0.39, 0.29) is 0 Å². The van der Waals surface area contributed by atoms with Crippen LogP contribution in [0.4, 0.5) is 0 Å². The Labute approximate surface area is 123 Å². The highest BCUT2D eigenvalue weighted by molar-refractivity contribution is 9.10. The quantitative estimate of drug-likeness (QED) is 0.773. The minimum atomic E-state index is -1.31. The third-order valence-electron chi connectivity index (χ3n) is 2.78. The van der Waals surface area contributed by atoms with E-state index >= 15 is 0 Å². The number of carbonyl (C=O) groups excluding carboxylic acids is 1. The molecule has 1 aromatic carbocycles. The molecule has 20 heavy (non-hydrogen) atoms. The minimum Gasteiger partial charge on any atom is -0.546 e. The lowest BCUT2D eigenvalue weighted by molar-refractivity contribution is -0.307. The predicted octanol–water partition coefficient (Wildman–Crippen LogP) is 1.64. The summed E-state index contributed by atoms with van der Waals surface area (Å²) in [7, 11) is 0. The van der Waals surface area contributed by atoms with Crippen molar-refractivity contribution >= 4 is 32.9 Å². The molecule has 0 spiro atoms. The van der Waals surface area contributed by atoms with Crippen LogP contribution in [-0.2, 0) is 11.2 Å². The third-order valence-corrected chi connectivity index (χ3v) is 3.58. The van der Waals surface area contributed by atoms with Crippen molar-refractivity contribution in [3.05, 3.63) is 38.7 Å². The van der Waals surface area contributed by atoms with Crippen molar-refractivity contribution in [3.8, 4) is 5.75 Å². The largest absolute Gasteiger partial charge is 0.546 e. The summed E-state index contributed by atoms with van der Waals surface area (Å²) in [5.41, 5.74) is 0.792. The van der Waals surface area contributed by atoms with E-state index in [1.165, 1.54) is 6.07 Å². The summed E-state index contributed by atoms with van der Waals surface area (Å²) in [6.45, 7) is 1.47. The normalized spacial score (nSPS) is 10.7. The van der Waals surface area contributed by atoms with Crippen LogP contribution in [0.25, 0.3) is 11.0 Å². The lowest BCUT2D eigenvalue weighted by Gasteiger charge is -2.10. The fraction of sp³-hybridized carbons (Fsp3) is 0.286. The van der Waals surface area contributed by atoms with Gasteiger partial charge in [-0.25, -0.2) is 4.79 Å². The van der Waals surface area contributed by atoms with Crippen molar-refractivity contribution in [3.63, 3.8) is 0 Å². The summed E-state index contributed by atoms with van der Waals surface area (Å²) in [6, 6.07) is 4.89. The van der Waals surface area contributed by atoms with E-state index in [1.807, 2.05) is 6.92 Å².